The number of rotatable bonds is 3. The molecule has 5 rings (SSSR count). The van der Waals surface area contributed by atoms with Crippen LogP contribution in [-0.2, 0) is 9.53 Å². The van der Waals surface area contributed by atoms with Crippen LogP contribution in [0.15, 0.2) is 70.8 Å². The largest absolute Gasteiger partial charge is 0.370 e. The number of fused-ring (bicyclic) bond motifs is 1. The zero-order valence-corrected chi connectivity index (χ0v) is 18.3. The predicted molar refractivity (Wildman–Crippen MR) is 121 cm³/mol. The minimum absolute atomic E-state index is 0.0482. The van der Waals surface area contributed by atoms with Crippen molar-refractivity contribution in [2.75, 3.05) is 37.9 Å². The summed E-state index contributed by atoms with van der Waals surface area (Å²) in [4.78, 5) is 18.7. The molecule has 0 saturated carbocycles. The summed E-state index contributed by atoms with van der Waals surface area (Å²) in [6.45, 7) is 6.76. The van der Waals surface area contributed by atoms with Crippen LogP contribution in [0.2, 0.25) is 0 Å². The van der Waals surface area contributed by atoms with Crippen LogP contribution in [-0.4, -0.2) is 38.8 Å². The van der Waals surface area contributed by atoms with E-state index in [4.69, 9.17) is 4.74 Å². The van der Waals surface area contributed by atoms with Crippen molar-refractivity contribution in [1.82, 2.24) is 0 Å². The second-order valence-corrected chi connectivity index (χ2v) is 9.77. The molecule has 0 amide bonds. The fourth-order valence-electron chi connectivity index (χ4n) is 4.85. The molecule has 4 nitrogen and oxygen atoms in total. The summed E-state index contributed by atoms with van der Waals surface area (Å²) in [5.41, 5.74) is 4.72. The molecule has 2 atom stereocenters. The Balaban J connectivity index is 1.65. The molecule has 2 aromatic rings. The molecular formula is C25H29N2O2S+. The molecule has 0 radical (unpaired) electrons. The van der Waals surface area contributed by atoms with Crippen molar-refractivity contribution in [3.63, 3.8) is 0 Å². The van der Waals surface area contributed by atoms with Crippen LogP contribution >= 0.6 is 11.8 Å². The molecule has 2 aromatic carbocycles. The van der Waals surface area contributed by atoms with E-state index in [0.29, 0.717) is 18.1 Å². The van der Waals surface area contributed by atoms with Crippen LogP contribution in [0.4, 0.5) is 5.69 Å². The smallest absolute Gasteiger partial charge is 0.162 e. The van der Waals surface area contributed by atoms with Crippen molar-refractivity contribution in [3.8, 4) is 0 Å². The predicted octanol–water partition coefficient (Wildman–Crippen LogP) is 3.47. The summed E-state index contributed by atoms with van der Waals surface area (Å²) in [6, 6.07) is 19.2. The average Bonchev–Trinajstić information content (AvgIpc) is 2.90. The average molecular weight is 422 g/mol. The van der Waals surface area contributed by atoms with Gasteiger partial charge in [-0.1, -0.05) is 49.4 Å². The number of ether oxygens (including phenoxy) is 1. The van der Waals surface area contributed by atoms with Crippen molar-refractivity contribution >= 4 is 23.2 Å². The Hall–Kier alpha value is -2.08. The van der Waals surface area contributed by atoms with E-state index in [1.165, 1.54) is 26.7 Å². The first-order chi connectivity index (χ1) is 14.7. The highest BCUT2D eigenvalue weighted by atomic mass is 32.2. The van der Waals surface area contributed by atoms with E-state index in [9.17, 15) is 4.79 Å². The first-order valence-corrected chi connectivity index (χ1v) is 11.8. The Bertz CT molecular complexity index is 953. The monoisotopic (exact) mass is 421 g/mol. The van der Waals surface area contributed by atoms with Crippen molar-refractivity contribution in [2.45, 2.75) is 29.9 Å². The Kier molecular flexibility index (Phi) is 5.68. The number of Topliss-reactive ketones (excluding diaryl/α,β-unsaturated/α-hetero) is 1. The SMILES string of the molecule is C[C@H]1CC(=O)C2=C(C1)N(C[NH+]1CCOCC1)c1ccccc1S[C@H]2c1ccccc1. The lowest BCUT2D eigenvalue weighted by atomic mass is 9.83. The molecule has 0 bridgehead atoms. The fraction of sp³-hybridized carbons (Fsp3) is 0.400. The number of thioether (sulfide) groups is 1. The Morgan fingerprint density at radius 1 is 1.03 bits per heavy atom. The van der Waals surface area contributed by atoms with Crippen LogP contribution in [0.25, 0.3) is 0 Å². The van der Waals surface area contributed by atoms with Crippen molar-refractivity contribution in [2.24, 2.45) is 5.92 Å². The molecule has 1 N–H and O–H groups in total. The zero-order valence-electron chi connectivity index (χ0n) is 17.5. The topological polar surface area (TPSA) is 34.0 Å². The summed E-state index contributed by atoms with van der Waals surface area (Å²) in [7, 11) is 0. The van der Waals surface area contributed by atoms with Gasteiger partial charge in [-0.2, -0.15) is 0 Å². The fourth-order valence-corrected chi connectivity index (χ4v) is 6.24. The van der Waals surface area contributed by atoms with Gasteiger partial charge < -0.3 is 9.64 Å². The first-order valence-electron chi connectivity index (χ1n) is 11.0. The molecule has 0 aromatic heterocycles. The van der Waals surface area contributed by atoms with E-state index in [2.05, 4.69) is 60.4 Å². The molecule has 3 aliphatic rings. The number of hydrogen-bond acceptors (Lipinski definition) is 4. The third-order valence-corrected chi connectivity index (χ3v) is 7.70. The number of nitrogens with zero attached hydrogens (tertiary/aromatic N) is 1. The van der Waals surface area contributed by atoms with Gasteiger partial charge in [-0.25, -0.2) is 0 Å². The summed E-state index contributed by atoms with van der Waals surface area (Å²) in [6.07, 6.45) is 1.61. The van der Waals surface area contributed by atoms with E-state index >= 15 is 0 Å². The summed E-state index contributed by atoms with van der Waals surface area (Å²) in [5.74, 6) is 0.699. The quantitative estimate of drug-likeness (QED) is 0.823. The second-order valence-electron chi connectivity index (χ2n) is 8.62. The minimum Gasteiger partial charge on any atom is -0.370 e. The molecule has 30 heavy (non-hydrogen) atoms. The number of quaternary nitrogens is 1. The maximum Gasteiger partial charge on any atom is 0.162 e. The number of nitrogens with one attached hydrogen (secondary N) is 1. The number of para-hydroxylation sites is 1. The standard InChI is InChI=1S/C25H28N2O2S/c1-18-15-21-24(22(28)16-18)25(19-7-3-2-4-8-19)30-23-10-6-5-9-20(23)27(21)17-26-11-13-29-14-12-26/h2-10,18,25H,11-17H2,1H3/p+1/t18-,25+/m1/s1. The van der Waals surface area contributed by atoms with E-state index in [1.54, 1.807) is 0 Å². The number of carbonyl (C=O) groups excluding carboxylic acids is 1. The van der Waals surface area contributed by atoms with Crippen molar-refractivity contribution in [1.29, 1.82) is 0 Å². The molecular weight excluding hydrogens is 392 g/mol. The number of morpholine rings is 1. The molecule has 1 aliphatic carbocycles. The molecule has 2 aliphatic heterocycles. The molecule has 0 spiro atoms. The molecule has 156 valence electrons. The minimum atomic E-state index is 0.0482. The van der Waals surface area contributed by atoms with Gasteiger partial charge in [0.05, 0.1) is 24.2 Å². The van der Waals surface area contributed by atoms with Gasteiger partial charge in [0.15, 0.2) is 12.5 Å². The molecule has 2 heterocycles. The van der Waals surface area contributed by atoms with Gasteiger partial charge in [0.2, 0.25) is 0 Å². The number of hydrogen-bond donors (Lipinski definition) is 1. The van der Waals surface area contributed by atoms with E-state index in [1.807, 2.05) is 17.8 Å². The second kappa shape index (κ2) is 8.58. The highest BCUT2D eigenvalue weighted by Gasteiger charge is 2.39. The van der Waals surface area contributed by atoms with Gasteiger partial charge in [-0.05, 0) is 30.0 Å². The highest BCUT2D eigenvalue weighted by Crippen LogP contribution is 2.51. The summed E-state index contributed by atoms with van der Waals surface area (Å²) < 4.78 is 5.59. The number of anilines is 1. The number of allylic oxidation sites excluding steroid dienone is 1. The lowest BCUT2D eigenvalue weighted by molar-refractivity contribution is -0.907. The van der Waals surface area contributed by atoms with E-state index in [-0.39, 0.29) is 5.25 Å². The van der Waals surface area contributed by atoms with Gasteiger partial charge in [0, 0.05) is 22.6 Å². The Labute approximate surface area is 182 Å². The summed E-state index contributed by atoms with van der Waals surface area (Å²) in [5, 5.41) is 0.0482. The van der Waals surface area contributed by atoms with Gasteiger partial charge in [-0.15, -0.1) is 11.8 Å². The van der Waals surface area contributed by atoms with Crippen molar-refractivity contribution in [3.05, 3.63) is 71.4 Å². The first kappa shape index (κ1) is 19.9. The lowest BCUT2D eigenvalue weighted by Crippen LogP contribution is -3.15. The Morgan fingerprint density at radius 2 is 1.77 bits per heavy atom. The summed E-state index contributed by atoms with van der Waals surface area (Å²) >= 11 is 1.83. The maximum absolute atomic E-state index is 13.4. The van der Waals surface area contributed by atoms with Gasteiger partial charge in [0.25, 0.3) is 0 Å². The van der Waals surface area contributed by atoms with Gasteiger partial charge in [0.1, 0.15) is 13.1 Å². The van der Waals surface area contributed by atoms with Crippen LogP contribution in [0.1, 0.15) is 30.6 Å². The number of ketones is 1. The van der Waals surface area contributed by atoms with E-state index < -0.39 is 0 Å². The third kappa shape index (κ3) is 3.82. The lowest BCUT2D eigenvalue weighted by Gasteiger charge is -2.36. The van der Waals surface area contributed by atoms with Gasteiger partial charge in [-0.3, -0.25) is 9.69 Å². The van der Waals surface area contributed by atoms with E-state index in [0.717, 1.165) is 45.0 Å². The normalized spacial score (nSPS) is 25.0. The maximum atomic E-state index is 13.4. The molecule has 1 saturated heterocycles. The van der Waals surface area contributed by atoms with Crippen LogP contribution in [0.3, 0.4) is 0 Å². The molecule has 0 unspecified atom stereocenters. The highest BCUT2D eigenvalue weighted by molar-refractivity contribution is 8.00. The number of carbonyl (C=O) groups is 1. The third-order valence-electron chi connectivity index (χ3n) is 6.36. The molecule has 1 fully saturated rings. The Morgan fingerprint density at radius 3 is 2.57 bits per heavy atom. The van der Waals surface area contributed by atoms with Crippen LogP contribution in [0.5, 0.6) is 0 Å². The molecule has 5 heteroatoms. The zero-order chi connectivity index (χ0) is 20.5. The van der Waals surface area contributed by atoms with Crippen LogP contribution in [0, 0.1) is 5.92 Å². The number of benzene rings is 2. The van der Waals surface area contributed by atoms with Crippen LogP contribution < -0.4 is 9.80 Å². The van der Waals surface area contributed by atoms with Gasteiger partial charge >= 0.3 is 0 Å². The van der Waals surface area contributed by atoms with Crippen molar-refractivity contribution < 1.29 is 14.4 Å².